The van der Waals surface area contributed by atoms with Gasteiger partial charge < -0.3 is 4.57 Å². The molecule has 0 aliphatic carbocycles. The molecular formula is C13H11ClN2S. The molecule has 0 saturated heterocycles. The van der Waals surface area contributed by atoms with E-state index in [0.717, 1.165) is 21.4 Å². The van der Waals surface area contributed by atoms with E-state index in [4.69, 9.17) is 18.0 Å². The predicted molar refractivity (Wildman–Crippen MR) is 73.2 cm³/mol. The number of benzene rings is 1. The highest BCUT2D eigenvalue weighted by Crippen LogP contribution is 2.25. The number of hydrogen-bond donors (Lipinski definition) is 0. The van der Waals surface area contributed by atoms with Gasteiger partial charge in [-0.15, -0.1) is 6.42 Å². The maximum atomic E-state index is 5.86. The Morgan fingerprint density at radius 3 is 2.76 bits per heavy atom. The summed E-state index contributed by atoms with van der Waals surface area (Å²) in [6.07, 6.45) is 7.09. The van der Waals surface area contributed by atoms with Crippen LogP contribution >= 0.6 is 23.4 Å². The van der Waals surface area contributed by atoms with E-state index in [0.29, 0.717) is 5.75 Å². The first-order valence-corrected chi connectivity index (χ1v) is 6.42. The SMILES string of the molecule is C#CCSc1ncc(-c2ccc(Cl)cc2)n1C. The van der Waals surface area contributed by atoms with Gasteiger partial charge in [0.2, 0.25) is 0 Å². The zero-order valence-corrected chi connectivity index (χ0v) is 10.9. The Morgan fingerprint density at radius 2 is 2.12 bits per heavy atom. The summed E-state index contributed by atoms with van der Waals surface area (Å²) in [4.78, 5) is 4.35. The first-order chi connectivity index (χ1) is 8.22. The second-order valence-electron chi connectivity index (χ2n) is 3.48. The van der Waals surface area contributed by atoms with Gasteiger partial charge in [0.15, 0.2) is 5.16 Å². The zero-order chi connectivity index (χ0) is 12.3. The van der Waals surface area contributed by atoms with Crippen molar-refractivity contribution in [2.75, 3.05) is 5.75 Å². The van der Waals surface area contributed by atoms with Crippen LogP contribution in [0.3, 0.4) is 0 Å². The van der Waals surface area contributed by atoms with E-state index in [1.807, 2.05) is 42.1 Å². The lowest BCUT2D eigenvalue weighted by molar-refractivity contribution is 0.797. The topological polar surface area (TPSA) is 17.8 Å². The van der Waals surface area contributed by atoms with Crippen LogP contribution in [0.2, 0.25) is 5.02 Å². The third kappa shape index (κ3) is 2.66. The standard InChI is InChI=1S/C13H11ClN2S/c1-3-8-17-13-15-9-12(16(13)2)10-4-6-11(14)7-5-10/h1,4-7,9H,8H2,2H3. The molecule has 0 bridgehead atoms. The molecule has 2 rings (SSSR count). The van der Waals surface area contributed by atoms with E-state index >= 15 is 0 Å². The lowest BCUT2D eigenvalue weighted by Crippen LogP contribution is -1.94. The predicted octanol–water partition coefficient (Wildman–Crippen LogP) is 3.47. The van der Waals surface area contributed by atoms with Crippen LogP contribution in [0.5, 0.6) is 0 Å². The minimum Gasteiger partial charge on any atom is -0.322 e. The van der Waals surface area contributed by atoms with Crippen LogP contribution < -0.4 is 0 Å². The van der Waals surface area contributed by atoms with Crippen LogP contribution in [-0.4, -0.2) is 15.3 Å². The van der Waals surface area contributed by atoms with Crippen molar-refractivity contribution in [1.82, 2.24) is 9.55 Å². The smallest absolute Gasteiger partial charge is 0.169 e. The summed E-state index contributed by atoms with van der Waals surface area (Å²) >= 11 is 7.42. The molecule has 1 aromatic heterocycles. The molecule has 86 valence electrons. The van der Waals surface area contributed by atoms with Crippen molar-refractivity contribution in [2.24, 2.45) is 7.05 Å². The number of imidazole rings is 1. The monoisotopic (exact) mass is 262 g/mol. The Hall–Kier alpha value is -1.37. The van der Waals surface area contributed by atoms with Crippen molar-refractivity contribution >= 4 is 23.4 Å². The fraction of sp³-hybridized carbons (Fsp3) is 0.154. The average molecular weight is 263 g/mol. The normalized spacial score (nSPS) is 10.2. The van der Waals surface area contributed by atoms with Crippen molar-refractivity contribution in [3.05, 3.63) is 35.5 Å². The highest BCUT2D eigenvalue weighted by Gasteiger charge is 2.08. The molecule has 17 heavy (non-hydrogen) atoms. The second-order valence-corrected chi connectivity index (χ2v) is 4.86. The summed E-state index contributed by atoms with van der Waals surface area (Å²) < 4.78 is 2.03. The number of terminal acetylenes is 1. The van der Waals surface area contributed by atoms with Gasteiger partial charge >= 0.3 is 0 Å². The van der Waals surface area contributed by atoms with Gasteiger partial charge in [0, 0.05) is 12.1 Å². The Morgan fingerprint density at radius 1 is 1.41 bits per heavy atom. The Bertz CT molecular complexity index is 552. The largest absolute Gasteiger partial charge is 0.322 e. The van der Waals surface area contributed by atoms with E-state index in [1.54, 1.807) is 11.8 Å². The van der Waals surface area contributed by atoms with Crippen LogP contribution in [0.1, 0.15) is 0 Å². The highest BCUT2D eigenvalue weighted by molar-refractivity contribution is 7.99. The highest BCUT2D eigenvalue weighted by atomic mass is 35.5. The van der Waals surface area contributed by atoms with Crippen molar-refractivity contribution < 1.29 is 0 Å². The minimum atomic E-state index is 0.630. The van der Waals surface area contributed by atoms with Crippen LogP contribution in [0.4, 0.5) is 0 Å². The third-order valence-corrected chi connectivity index (χ3v) is 3.57. The van der Waals surface area contributed by atoms with E-state index < -0.39 is 0 Å². The van der Waals surface area contributed by atoms with Gasteiger partial charge in [-0.1, -0.05) is 41.4 Å². The van der Waals surface area contributed by atoms with Crippen molar-refractivity contribution in [2.45, 2.75) is 5.16 Å². The van der Waals surface area contributed by atoms with Gasteiger partial charge in [0.1, 0.15) is 0 Å². The zero-order valence-electron chi connectivity index (χ0n) is 9.35. The van der Waals surface area contributed by atoms with Crippen molar-refractivity contribution in [3.63, 3.8) is 0 Å². The number of halogens is 1. The van der Waals surface area contributed by atoms with Gasteiger partial charge in [-0.25, -0.2) is 4.98 Å². The Balaban J connectivity index is 2.31. The first kappa shape index (κ1) is 12.1. The molecule has 2 aromatic rings. The molecule has 0 spiro atoms. The molecule has 4 heteroatoms. The number of thioether (sulfide) groups is 1. The molecule has 0 radical (unpaired) electrons. The third-order valence-electron chi connectivity index (χ3n) is 2.37. The van der Waals surface area contributed by atoms with E-state index in [1.165, 1.54) is 0 Å². The van der Waals surface area contributed by atoms with Gasteiger partial charge in [0.05, 0.1) is 17.6 Å². The quantitative estimate of drug-likeness (QED) is 0.623. The summed E-state index contributed by atoms with van der Waals surface area (Å²) in [6.45, 7) is 0. The van der Waals surface area contributed by atoms with Crippen molar-refractivity contribution in [1.29, 1.82) is 0 Å². The van der Waals surface area contributed by atoms with E-state index in [-0.39, 0.29) is 0 Å². The van der Waals surface area contributed by atoms with Crippen LogP contribution in [-0.2, 0) is 7.05 Å². The molecule has 0 atom stereocenters. The molecule has 0 N–H and O–H groups in total. The van der Waals surface area contributed by atoms with Gasteiger partial charge in [-0.05, 0) is 17.7 Å². The maximum Gasteiger partial charge on any atom is 0.169 e. The van der Waals surface area contributed by atoms with Gasteiger partial charge in [-0.2, -0.15) is 0 Å². The maximum absolute atomic E-state index is 5.86. The number of aromatic nitrogens is 2. The summed E-state index contributed by atoms with van der Waals surface area (Å²) in [5, 5.41) is 1.66. The molecular weight excluding hydrogens is 252 g/mol. The van der Waals surface area contributed by atoms with Crippen LogP contribution in [0, 0.1) is 12.3 Å². The summed E-state index contributed by atoms with van der Waals surface area (Å²) in [5.41, 5.74) is 2.15. The van der Waals surface area contributed by atoms with Gasteiger partial charge in [0.25, 0.3) is 0 Å². The Kier molecular flexibility index (Phi) is 3.78. The summed E-state index contributed by atoms with van der Waals surface area (Å²) in [7, 11) is 1.98. The fourth-order valence-electron chi connectivity index (χ4n) is 1.52. The van der Waals surface area contributed by atoms with Crippen molar-refractivity contribution in [3.8, 4) is 23.6 Å². The fourth-order valence-corrected chi connectivity index (χ4v) is 2.28. The summed E-state index contributed by atoms with van der Waals surface area (Å²) in [6, 6.07) is 7.71. The summed E-state index contributed by atoms with van der Waals surface area (Å²) in [5.74, 6) is 3.22. The van der Waals surface area contributed by atoms with Gasteiger partial charge in [-0.3, -0.25) is 0 Å². The molecule has 2 nitrogen and oxygen atoms in total. The molecule has 0 unspecified atom stereocenters. The molecule has 0 fully saturated rings. The first-order valence-electron chi connectivity index (χ1n) is 5.06. The molecule has 0 amide bonds. The molecule has 0 saturated carbocycles. The number of rotatable bonds is 3. The Labute approximate surface area is 110 Å². The molecule has 1 aromatic carbocycles. The lowest BCUT2D eigenvalue weighted by Gasteiger charge is -2.04. The lowest BCUT2D eigenvalue weighted by atomic mass is 10.2. The van der Waals surface area contributed by atoms with E-state index in [9.17, 15) is 0 Å². The molecule has 0 aliphatic heterocycles. The molecule has 0 aliphatic rings. The van der Waals surface area contributed by atoms with Crippen LogP contribution in [0.25, 0.3) is 11.3 Å². The van der Waals surface area contributed by atoms with Crippen LogP contribution in [0.15, 0.2) is 35.6 Å². The average Bonchev–Trinajstić information content (AvgIpc) is 2.69. The number of nitrogens with zero attached hydrogens (tertiary/aromatic N) is 2. The minimum absolute atomic E-state index is 0.630. The van der Waals surface area contributed by atoms with E-state index in [2.05, 4.69) is 10.9 Å². The number of hydrogen-bond acceptors (Lipinski definition) is 2. The molecule has 1 heterocycles. The second kappa shape index (κ2) is 5.31.